The first-order chi connectivity index (χ1) is 10.7. The zero-order valence-corrected chi connectivity index (χ0v) is 14.9. The highest BCUT2D eigenvalue weighted by atomic mass is 79.9. The number of carbonyl (C=O) groups excluding carboxylic acids is 1. The lowest BCUT2D eigenvalue weighted by atomic mass is 10.1. The fourth-order valence-corrected chi connectivity index (χ4v) is 3.02. The standard InChI is InChI=1S/C16H15BrFNO3S/c1-10(11-3-6-13(7-4-11)23(2,21)22)19-16(20)14-9-12(17)5-8-15(14)18/h3-10H,1-2H3,(H,19,20). The second kappa shape index (κ2) is 6.80. The number of amides is 1. The van der Waals surface area contributed by atoms with Crippen molar-refractivity contribution in [1.82, 2.24) is 5.32 Å². The molecule has 0 saturated carbocycles. The van der Waals surface area contributed by atoms with E-state index in [-0.39, 0.29) is 10.5 Å². The summed E-state index contributed by atoms with van der Waals surface area (Å²) < 4.78 is 37.2. The molecule has 0 saturated heterocycles. The topological polar surface area (TPSA) is 63.2 Å². The van der Waals surface area contributed by atoms with Crippen molar-refractivity contribution in [1.29, 1.82) is 0 Å². The van der Waals surface area contributed by atoms with Gasteiger partial charge in [-0.2, -0.15) is 0 Å². The monoisotopic (exact) mass is 399 g/mol. The zero-order valence-electron chi connectivity index (χ0n) is 12.5. The van der Waals surface area contributed by atoms with Crippen LogP contribution < -0.4 is 5.32 Å². The fourth-order valence-electron chi connectivity index (χ4n) is 2.03. The second-order valence-electron chi connectivity index (χ2n) is 5.16. The Morgan fingerprint density at radius 2 is 1.78 bits per heavy atom. The predicted molar refractivity (Wildman–Crippen MR) is 89.5 cm³/mol. The Morgan fingerprint density at radius 1 is 1.17 bits per heavy atom. The maximum atomic E-state index is 13.7. The van der Waals surface area contributed by atoms with Crippen LogP contribution in [0.2, 0.25) is 0 Å². The molecule has 2 aromatic rings. The molecule has 0 fully saturated rings. The summed E-state index contributed by atoms with van der Waals surface area (Å²) in [5, 5.41) is 2.69. The number of carbonyl (C=O) groups is 1. The van der Waals surface area contributed by atoms with Gasteiger partial charge in [0.15, 0.2) is 9.84 Å². The molecule has 0 bridgehead atoms. The normalized spacial score (nSPS) is 12.7. The SMILES string of the molecule is CC(NC(=O)c1cc(Br)ccc1F)c1ccc(S(C)(=O)=O)cc1. The van der Waals surface area contributed by atoms with E-state index in [2.05, 4.69) is 21.2 Å². The summed E-state index contributed by atoms with van der Waals surface area (Å²) in [4.78, 5) is 12.4. The quantitative estimate of drug-likeness (QED) is 0.855. The number of benzene rings is 2. The number of sulfone groups is 1. The van der Waals surface area contributed by atoms with Crippen LogP contribution in [0.25, 0.3) is 0 Å². The van der Waals surface area contributed by atoms with Crippen LogP contribution in [0.15, 0.2) is 51.8 Å². The molecule has 2 rings (SSSR count). The highest BCUT2D eigenvalue weighted by molar-refractivity contribution is 9.10. The molecule has 0 aliphatic heterocycles. The summed E-state index contributed by atoms with van der Waals surface area (Å²) in [5.41, 5.74) is 0.667. The van der Waals surface area contributed by atoms with Crippen LogP contribution in [-0.2, 0) is 9.84 Å². The highest BCUT2D eigenvalue weighted by Gasteiger charge is 2.16. The molecule has 1 unspecified atom stereocenters. The Balaban J connectivity index is 2.17. The van der Waals surface area contributed by atoms with Gasteiger partial charge in [-0.15, -0.1) is 0 Å². The molecule has 23 heavy (non-hydrogen) atoms. The van der Waals surface area contributed by atoms with Gasteiger partial charge in [0.1, 0.15) is 5.82 Å². The van der Waals surface area contributed by atoms with E-state index in [9.17, 15) is 17.6 Å². The molecular formula is C16H15BrFNO3S. The van der Waals surface area contributed by atoms with Crippen LogP contribution >= 0.6 is 15.9 Å². The minimum absolute atomic E-state index is 0.0565. The van der Waals surface area contributed by atoms with Crippen molar-refractivity contribution in [3.05, 3.63) is 63.9 Å². The summed E-state index contributed by atoms with van der Waals surface area (Å²) in [7, 11) is -3.26. The van der Waals surface area contributed by atoms with E-state index in [1.807, 2.05) is 0 Å². The first kappa shape index (κ1) is 17.6. The van der Waals surface area contributed by atoms with Gasteiger partial charge in [0.25, 0.3) is 5.91 Å². The molecule has 1 amide bonds. The van der Waals surface area contributed by atoms with Gasteiger partial charge in [-0.05, 0) is 42.8 Å². The van der Waals surface area contributed by atoms with Crippen molar-refractivity contribution >= 4 is 31.7 Å². The molecule has 1 N–H and O–H groups in total. The van der Waals surface area contributed by atoms with Gasteiger partial charge in [0, 0.05) is 10.7 Å². The maximum Gasteiger partial charge on any atom is 0.254 e. The number of halogens is 2. The van der Waals surface area contributed by atoms with Crippen LogP contribution in [0.4, 0.5) is 4.39 Å². The van der Waals surface area contributed by atoms with Crippen molar-refractivity contribution in [2.45, 2.75) is 17.9 Å². The molecule has 4 nitrogen and oxygen atoms in total. The minimum Gasteiger partial charge on any atom is -0.345 e. The van der Waals surface area contributed by atoms with E-state index in [0.29, 0.717) is 4.47 Å². The number of rotatable bonds is 4. The van der Waals surface area contributed by atoms with Gasteiger partial charge in [-0.25, -0.2) is 12.8 Å². The molecule has 0 radical (unpaired) electrons. The second-order valence-corrected chi connectivity index (χ2v) is 8.09. The third-order valence-corrected chi connectivity index (χ3v) is 4.95. The van der Waals surface area contributed by atoms with Crippen molar-refractivity contribution < 1.29 is 17.6 Å². The van der Waals surface area contributed by atoms with Gasteiger partial charge in [0.2, 0.25) is 0 Å². The smallest absolute Gasteiger partial charge is 0.254 e. The average molecular weight is 400 g/mol. The summed E-state index contributed by atoms with van der Waals surface area (Å²) >= 11 is 3.20. The molecule has 0 heterocycles. The Bertz CT molecular complexity index is 835. The Labute approximate surface area is 142 Å². The predicted octanol–water partition coefficient (Wildman–Crippen LogP) is 3.48. The lowest BCUT2D eigenvalue weighted by molar-refractivity contribution is 0.0935. The molecular weight excluding hydrogens is 385 g/mol. The van der Waals surface area contributed by atoms with Crippen LogP contribution in [0.5, 0.6) is 0 Å². The molecule has 0 aromatic heterocycles. The summed E-state index contributed by atoms with van der Waals surface area (Å²) in [5.74, 6) is -1.14. The molecule has 1 atom stereocenters. The van der Waals surface area contributed by atoms with Crippen molar-refractivity contribution in [3.8, 4) is 0 Å². The van der Waals surface area contributed by atoms with Crippen LogP contribution in [0.3, 0.4) is 0 Å². The van der Waals surface area contributed by atoms with E-state index in [1.165, 1.54) is 30.3 Å². The summed E-state index contributed by atoms with van der Waals surface area (Å²) in [6.07, 6.45) is 1.13. The first-order valence-corrected chi connectivity index (χ1v) is 9.43. The lowest BCUT2D eigenvalue weighted by Gasteiger charge is -2.15. The van der Waals surface area contributed by atoms with Gasteiger partial charge in [0.05, 0.1) is 16.5 Å². The Morgan fingerprint density at radius 3 is 2.35 bits per heavy atom. The molecule has 0 aliphatic carbocycles. The summed E-state index contributed by atoms with van der Waals surface area (Å²) in [6, 6.07) is 9.94. The van der Waals surface area contributed by atoms with Crippen LogP contribution in [0, 0.1) is 5.82 Å². The van der Waals surface area contributed by atoms with Crippen molar-refractivity contribution in [2.24, 2.45) is 0 Å². The number of hydrogen-bond acceptors (Lipinski definition) is 3. The van der Waals surface area contributed by atoms with Gasteiger partial charge < -0.3 is 5.32 Å². The van der Waals surface area contributed by atoms with Crippen molar-refractivity contribution in [2.75, 3.05) is 6.26 Å². The summed E-state index contributed by atoms with van der Waals surface area (Å²) in [6.45, 7) is 1.74. The van der Waals surface area contributed by atoms with Gasteiger partial charge in [-0.3, -0.25) is 4.79 Å². The molecule has 7 heteroatoms. The fraction of sp³-hybridized carbons (Fsp3) is 0.188. The third-order valence-electron chi connectivity index (χ3n) is 3.33. The van der Waals surface area contributed by atoms with E-state index in [0.717, 1.165) is 11.8 Å². The molecule has 2 aromatic carbocycles. The highest BCUT2D eigenvalue weighted by Crippen LogP contribution is 2.19. The maximum absolute atomic E-state index is 13.7. The van der Waals surface area contributed by atoms with Gasteiger partial charge in [-0.1, -0.05) is 28.1 Å². The number of nitrogens with one attached hydrogen (secondary N) is 1. The molecule has 122 valence electrons. The Kier molecular flexibility index (Phi) is 5.21. The third kappa shape index (κ3) is 4.39. The molecule has 0 spiro atoms. The average Bonchev–Trinajstić information content (AvgIpc) is 2.48. The van der Waals surface area contributed by atoms with E-state index in [1.54, 1.807) is 19.1 Å². The van der Waals surface area contributed by atoms with E-state index < -0.39 is 27.6 Å². The minimum atomic E-state index is -3.26. The van der Waals surface area contributed by atoms with Crippen LogP contribution in [-0.4, -0.2) is 20.6 Å². The Hall–Kier alpha value is -1.73. The van der Waals surface area contributed by atoms with E-state index >= 15 is 0 Å². The first-order valence-electron chi connectivity index (χ1n) is 6.74. The lowest BCUT2D eigenvalue weighted by Crippen LogP contribution is -2.27. The van der Waals surface area contributed by atoms with E-state index in [4.69, 9.17) is 0 Å². The van der Waals surface area contributed by atoms with Crippen LogP contribution in [0.1, 0.15) is 28.9 Å². The largest absolute Gasteiger partial charge is 0.345 e. The number of hydrogen-bond donors (Lipinski definition) is 1. The molecule has 0 aliphatic rings. The van der Waals surface area contributed by atoms with Gasteiger partial charge >= 0.3 is 0 Å². The zero-order chi connectivity index (χ0) is 17.2. The van der Waals surface area contributed by atoms with Crippen molar-refractivity contribution in [3.63, 3.8) is 0 Å².